The van der Waals surface area contributed by atoms with E-state index in [1.54, 1.807) is 6.20 Å². The van der Waals surface area contributed by atoms with Crippen molar-refractivity contribution in [2.75, 3.05) is 11.9 Å². The molecule has 2 aromatic heterocycles. The molecule has 1 atom stereocenters. The molecule has 0 aliphatic carbocycles. The van der Waals surface area contributed by atoms with Gasteiger partial charge in [-0.25, -0.2) is 9.50 Å². The number of aromatic nitrogens is 3. The van der Waals surface area contributed by atoms with Gasteiger partial charge in [-0.1, -0.05) is 20.8 Å². The Kier molecular flexibility index (Phi) is 4.28. The summed E-state index contributed by atoms with van der Waals surface area (Å²) in [5.74, 6) is 1.29. The zero-order valence-electron chi connectivity index (χ0n) is 12.8. The number of anilines is 1. The average Bonchev–Trinajstić information content (AvgIpc) is 2.84. The molecule has 3 N–H and O–H groups in total. The molecule has 0 spiro atoms. The maximum Gasteiger partial charge on any atom is 0.152 e. The fraction of sp³-hybridized carbons (Fsp3) is 0.600. The van der Waals surface area contributed by atoms with Crippen LogP contribution in [0.5, 0.6) is 0 Å². The van der Waals surface area contributed by atoms with Crippen molar-refractivity contribution in [2.45, 2.75) is 52.0 Å². The van der Waals surface area contributed by atoms with Crippen molar-refractivity contribution >= 4 is 11.3 Å². The predicted molar refractivity (Wildman–Crippen MR) is 83.1 cm³/mol. The van der Waals surface area contributed by atoms with Crippen molar-refractivity contribution < 1.29 is 0 Å². The second-order valence-electron chi connectivity index (χ2n) is 5.91. The molecule has 2 aromatic rings. The lowest BCUT2D eigenvalue weighted by Crippen LogP contribution is -2.36. The van der Waals surface area contributed by atoms with E-state index >= 15 is 0 Å². The minimum absolute atomic E-state index is 0.0359. The van der Waals surface area contributed by atoms with Crippen LogP contribution < -0.4 is 11.1 Å². The molecule has 0 saturated carbocycles. The number of nitrogens with zero attached hydrogens (tertiary/aromatic N) is 3. The van der Waals surface area contributed by atoms with Crippen LogP contribution in [-0.2, 0) is 0 Å². The van der Waals surface area contributed by atoms with E-state index in [0.29, 0.717) is 12.5 Å². The van der Waals surface area contributed by atoms with Crippen LogP contribution in [-0.4, -0.2) is 26.7 Å². The van der Waals surface area contributed by atoms with Gasteiger partial charge in [-0.3, -0.25) is 0 Å². The molecule has 5 nitrogen and oxygen atoms in total. The highest BCUT2D eigenvalue weighted by molar-refractivity contribution is 5.68. The molecule has 5 heteroatoms. The van der Waals surface area contributed by atoms with Gasteiger partial charge in [0, 0.05) is 17.9 Å². The van der Waals surface area contributed by atoms with Gasteiger partial charge in [0.05, 0.1) is 5.69 Å². The van der Waals surface area contributed by atoms with Crippen molar-refractivity contribution in [3.05, 3.63) is 24.2 Å². The maximum atomic E-state index is 5.72. The zero-order valence-corrected chi connectivity index (χ0v) is 12.8. The highest BCUT2D eigenvalue weighted by Crippen LogP contribution is 2.25. The monoisotopic (exact) mass is 275 g/mol. The fourth-order valence-corrected chi connectivity index (χ4v) is 2.25. The number of hydrogen-bond donors (Lipinski definition) is 2. The molecule has 2 heterocycles. The van der Waals surface area contributed by atoms with Gasteiger partial charge >= 0.3 is 0 Å². The normalized spacial score (nSPS) is 14.7. The van der Waals surface area contributed by atoms with E-state index in [1.165, 1.54) is 0 Å². The van der Waals surface area contributed by atoms with Crippen LogP contribution in [0.3, 0.4) is 0 Å². The molecule has 110 valence electrons. The van der Waals surface area contributed by atoms with Crippen molar-refractivity contribution in [1.29, 1.82) is 0 Å². The van der Waals surface area contributed by atoms with Crippen LogP contribution in [0.1, 0.15) is 52.1 Å². The van der Waals surface area contributed by atoms with Crippen molar-refractivity contribution in [2.24, 2.45) is 5.73 Å². The highest BCUT2D eigenvalue weighted by atomic mass is 15.2. The van der Waals surface area contributed by atoms with E-state index in [0.717, 1.165) is 29.9 Å². The molecule has 0 fully saturated rings. The Morgan fingerprint density at radius 3 is 2.80 bits per heavy atom. The Morgan fingerprint density at radius 2 is 2.20 bits per heavy atom. The Balaban J connectivity index is 2.39. The lowest BCUT2D eigenvalue weighted by molar-refractivity contribution is 0.462. The number of nitrogens with one attached hydrogen (secondary N) is 1. The molecular formula is C15H25N5. The maximum absolute atomic E-state index is 5.72. The lowest BCUT2D eigenvalue weighted by atomic mass is 9.94. The van der Waals surface area contributed by atoms with Gasteiger partial charge < -0.3 is 11.1 Å². The largest absolute Gasteiger partial charge is 0.363 e. The summed E-state index contributed by atoms with van der Waals surface area (Å²) in [6.07, 6.45) is 5.58. The third-order valence-corrected chi connectivity index (χ3v) is 3.90. The van der Waals surface area contributed by atoms with Crippen LogP contribution in [0.15, 0.2) is 18.5 Å². The summed E-state index contributed by atoms with van der Waals surface area (Å²) in [7, 11) is 0. The summed E-state index contributed by atoms with van der Waals surface area (Å²) >= 11 is 0. The first-order chi connectivity index (χ1) is 9.49. The fourth-order valence-electron chi connectivity index (χ4n) is 2.25. The van der Waals surface area contributed by atoms with Gasteiger partial charge in [0.1, 0.15) is 5.52 Å². The van der Waals surface area contributed by atoms with Crippen molar-refractivity contribution in [3.8, 4) is 0 Å². The van der Waals surface area contributed by atoms with Crippen LogP contribution in [0, 0.1) is 0 Å². The standard InChI is InChI=1S/C15H25N5/c1-5-15(4,6-7-16)18-14-13-10-12(11(2)3)19-20(13)9-8-17-14/h8-11H,5-7,16H2,1-4H3,(H,17,18). The molecule has 0 amide bonds. The van der Waals surface area contributed by atoms with E-state index in [1.807, 2.05) is 10.7 Å². The molecule has 0 saturated heterocycles. The molecule has 1 unspecified atom stereocenters. The number of hydrogen-bond acceptors (Lipinski definition) is 4. The second-order valence-corrected chi connectivity index (χ2v) is 5.91. The van der Waals surface area contributed by atoms with Gasteiger partial charge in [0.2, 0.25) is 0 Å². The van der Waals surface area contributed by atoms with Crippen LogP contribution >= 0.6 is 0 Å². The average molecular weight is 275 g/mol. The Bertz CT molecular complexity index is 575. The minimum Gasteiger partial charge on any atom is -0.363 e. The smallest absolute Gasteiger partial charge is 0.152 e. The van der Waals surface area contributed by atoms with Gasteiger partial charge in [0.15, 0.2) is 5.82 Å². The Labute approximate surface area is 120 Å². The molecular weight excluding hydrogens is 250 g/mol. The van der Waals surface area contributed by atoms with Gasteiger partial charge in [-0.2, -0.15) is 5.10 Å². The SMILES string of the molecule is CCC(C)(CCN)Nc1nccn2nc(C(C)C)cc12. The van der Waals surface area contributed by atoms with E-state index in [2.05, 4.69) is 49.2 Å². The number of nitrogens with two attached hydrogens (primary N) is 1. The third kappa shape index (κ3) is 2.93. The van der Waals surface area contributed by atoms with Gasteiger partial charge in [0.25, 0.3) is 0 Å². The second kappa shape index (κ2) is 5.79. The van der Waals surface area contributed by atoms with Gasteiger partial charge in [-0.15, -0.1) is 0 Å². The molecule has 0 radical (unpaired) electrons. The predicted octanol–water partition coefficient (Wildman–Crippen LogP) is 2.78. The van der Waals surface area contributed by atoms with E-state index in [9.17, 15) is 0 Å². The summed E-state index contributed by atoms with van der Waals surface area (Å²) in [4.78, 5) is 4.48. The summed E-state index contributed by atoms with van der Waals surface area (Å²) in [5.41, 5.74) is 7.79. The summed E-state index contributed by atoms with van der Waals surface area (Å²) in [6.45, 7) is 9.31. The third-order valence-electron chi connectivity index (χ3n) is 3.90. The topological polar surface area (TPSA) is 68.2 Å². The first kappa shape index (κ1) is 14.8. The highest BCUT2D eigenvalue weighted by Gasteiger charge is 2.22. The molecule has 0 aliphatic rings. The molecule has 0 bridgehead atoms. The van der Waals surface area contributed by atoms with Crippen molar-refractivity contribution in [3.63, 3.8) is 0 Å². The van der Waals surface area contributed by atoms with Gasteiger partial charge in [-0.05, 0) is 38.3 Å². The zero-order chi connectivity index (χ0) is 14.8. The van der Waals surface area contributed by atoms with Crippen LogP contribution in [0.2, 0.25) is 0 Å². The molecule has 0 aromatic carbocycles. The molecule has 2 rings (SSSR count). The molecule has 20 heavy (non-hydrogen) atoms. The first-order valence-corrected chi connectivity index (χ1v) is 7.31. The van der Waals surface area contributed by atoms with Crippen molar-refractivity contribution in [1.82, 2.24) is 14.6 Å². The number of fused-ring (bicyclic) bond motifs is 1. The lowest BCUT2D eigenvalue weighted by Gasteiger charge is -2.30. The minimum atomic E-state index is -0.0359. The molecule has 0 aliphatic heterocycles. The van der Waals surface area contributed by atoms with Crippen LogP contribution in [0.25, 0.3) is 5.52 Å². The number of rotatable bonds is 6. The quantitative estimate of drug-likeness (QED) is 0.850. The Morgan fingerprint density at radius 1 is 1.45 bits per heavy atom. The van der Waals surface area contributed by atoms with E-state index in [-0.39, 0.29) is 5.54 Å². The van der Waals surface area contributed by atoms with Crippen LogP contribution in [0.4, 0.5) is 5.82 Å². The first-order valence-electron chi connectivity index (χ1n) is 7.31. The van der Waals surface area contributed by atoms with E-state index in [4.69, 9.17) is 5.73 Å². The summed E-state index contributed by atoms with van der Waals surface area (Å²) < 4.78 is 1.89. The van der Waals surface area contributed by atoms with E-state index < -0.39 is 0 Å². The summed E-state index contributed by atoms with van der Waals surface area (Å²) in [5, 5.41) is 8.14. The summed E-state index contributed by atoms with van der Waals surface area (Å²) in [6, 6.07) is 2.11. The Hall–Kier alpha value is -1.62.